The fraction of sp³-hybridized carbons (Fsp3) is 0. The zero-order chi connectivity index (χ0) is 11.8. The highest BCUT2D eigenvalue weighted by Crippen LogP contribution is 2.30. The van der Waals surface area contributed by atoms with E-state index in [9.17, 15) is 0 Å². The molecule has 1 heterocycles. The highest BCUT2D eigenvalue weighted by molar-refractivity contribution is 7.71. The van der Waals surface area contributed by atoms with Gasteiger partial charge in [0.25, 0.3) is 4.84 Å². The van der Waals surface area contributed by atoms with E-state index in [1.54, 1.807) is 0 Å². The van der Waals surface area contributed by atoms with Gasteiger partial charge in [0.15, 0.2) is 5.58 Å². The molecule has 3 rings (SSSR count). The molecule has 3 aromatic rings. The molecule has 0 atom stereocenters. The molecule has 17 heavy (non-hydrogen) atoms. The molecular formula is C13H8ClNOS. The van der Waals surface area contributed by atoms with Crippen LogP contribution in [0.25, 0.3) is 22.2 Å². The van der Waals surface area contributed by atoms with Crippen molar-refractivity contribution >= 4 is 34.9 Å². The summed E-state index contributed by atoms with van der Waals surface area (Å²) >= 11 is 11.1. The van der Waals surface area contributed by atoms with Crippen LogP contribution in [0.5, 0.6) is 0 Å². The lowest BCUT2D eigenvalue weighted by Crippen LogP contribution is -1.78. The third kappa shape index (κ3) is 1.88. The molecule has 0 amide bonds. The summed E-state index contributed by atoms with van der Waals surface area (Å²) in [6.45, 7) is 0. The van der Waals surface area contributed by atoms with Gasteiger partial charge in [0.2, 0.25) is 0 Å². The van der Waals surface area contributed by atoms with Crippen molar-refractivity contribution in [2.45, 2.75) is 0 Å². The second-order valence-electron chi connectivity index (χ2n) is 3.72. The van der Waals surface area contributed by atoms with E-state index in [-0.39, 0.29) is 0 Å². The number of halogens is 1. The van der Waals surface area contributed by atoms with Gasteiger partial charge in [0.1, 0.15) is 0 Å². The van der Waals surface area contributed by atoms with Crippen LogP contribution in [0.1, 0.15) is 0 Å². The Morgan fingerprint density at radius 1 is 1.06 bits per heavy atom. The Hall–Kier alpha value is -1.58. The molecule has 0 bridgehead atoms. The van der Waals surface area contributed by atoms with Crippen LogP contribution in [0.4, 0.5) is 0 Å². The molecular weight excluding hydrogens is 254 g/mol. The average molecular weight is 262 g/mol. The van der Waals surface area contributed by atoms with Gasteiger partial charge in [-0.15, -0.1) is 0 Å². The van der Waals surface area contributed by atoms with Crippen molar-refractivity contribution in [1.29, 1.82) is 0 Å². The lowest BCUT2D eigenvalue weighted by atomic mass is 10.1. The van der Waals surface area contributed by atoms with E-state index in [1.165, 1.54) is 0 Å². The van der Waals surface area contributed by atoms with Gasteiger partial charge in [-0.05, 0) is 35.5 Å². The number of H-pyrrole nitrogens is 1. The van der Waals surface area contributed by atoms with Crippen LogP contribution in [0.2, 0.25) is 5.02 Å². The maximum absolute atomic E-state index is 6.17. The Morgan fingerprint density at radius 3 is 2.59 bits per heavy atom. The summed E-state index contributed by atoms with van der Waals surface area (Å²) < 4.78 is 5.32. The smallest absolute Gasteiger partial charge is 0.266 e. The first kappa shape index (κ1) is 10.6. The van der Waals surface area contributed by atoms with Crippen molar-refractivity contribution in [2.24, 2.45) is 0 Å². The fourth-order valence-corrected chi connectivity index (χ4v) is 2.27. The number of aromatic amines is 1. The van der Waals surface area contributed by atoms with Crippen molar-refractivity contribution in [3.63, 3.8) is 0 Å². The predicted molar refractivity (Wildman–Crippen MR) is 71.8 cm³/mol. The van der Waals surface area contributed by atoms with E-state index in [0.29, 0.717) is 15.4 Å². The molecule has 2 nitrogen and oxygen atoms in total. The number of nitrogens with one attached hydrogen (secondary N) is 1. The maximum Gasteiger partial charge on any atom is 0.266 e. The summed E-state index contributed by atoms with van der Waals surface area (Å²) in [6, 6.07) is 13.9. The molecule has 4 heteroatoms. The van der Waals surface area contributed by atoms with Crippen molar-refractivity contribution in [3.8, 4) is 11.1 Å². The van der Waals surface area contributed by atoms with E-state index >= 15 is 0 Å². The molecule has 0 fully saturated rings. The minimum absolute atomic E-state index is 0.340. The third-order valence-electron chi connectivity index (χ3n) is 2.58. The molecule has 0 saturated carbocycles. The SMILES string of the molecule is S=c1[nH]c2cc(-c3ccccc3)cc(Cl)c2o1. The quantitative estimate of drug-likeness (QED) is 0.637. The number of hydrogen-bond acceptors (Lipinski definition) is 2. The lowest BCUT2D eigenvalue weighted by Gasteiger charge is -2.02. The van der Waals surface area contributed by atoms with Crippen molar-refractivity contribution in [2.75, 3.05) is 0 Å². The number of aromatic nitrogens is 1. The zero-order valence-corrected chi connectivity index (χ0v) is 10.3. The molecule has 0 aliphatic heterocycles. The molecule has 1 N–H and O–H groups in total. The number of oxazole rings is 1. The van der Waals surface area contributed by atoms with E-state index < -0.39 is 0 Å². The van der Waals surface area contributed by atoms with Crippen LogP contribution in [-0.2, 0) is 0 Å². The number of benzene rings is 2. The highest BCUT2D eigenvalue weighted by atomic mass is 35.5. The highest BCUT2D eigenvalue weighted by Gasteiger charge is 2.07. The molecule has 0 aliphatic carbocycles. The van der Waals surface area contributed by atoms with Gasteiger partial charge in [0, 0.05) is 0 Å². The first-order chi connectivity index (χ1) is 8.24. The number of rotatable bonds is 1. The van der Waals surface area contributed by atoms with Gasteiger partial charge < -0.3 is 9.40 Å². The first-order valence-corrected chi connectivity index (χ1v) is 5.90. The molecule has 0 unspecified atom stereocenters. The van der Waals surface area contributed by atoms with Crippen molar-refractivity contribution in [3.05, 3.63) is 52.3 Å². The Balaban J connectivity index is 2.29. The lowest BCUT2D eigenvalue weighted by molar-refractivity contribution is 0.583. The minimum Gasteiger partial charge on any atom is -0.428 e. The fourth-order valence-electron chi connectivity index (χ4n) is 1.82. The van der Waals surface area contributed by atoms with Gasteiger partial charge >= 0.3 is 0 Å². The monoisotopic (exact) mass is 261 g/mol. The second kappa shape index (κ2) is 4.02. The normalized spacial score (nSPS) is 10.9. The maximum atomic E-state index is 6.17. The molecule has 0 saturated heterocycles. The molecule has 0 aliphatic rings. The predicted octanol–water partition coefficient (Wildman–Crippen LogP) is 4.81. The van der Waals surface area contributed by atoms with Crippen LogP contribution in [-0.4, -0.2) is 4.98 Å². The average Bonchev–Trinajstić information content (AvgIpc) is 2.71. The largest absolute Gasteiger partial charge is 0.428 e. The van der Waals surface area contributed by atoms with E-state index in [0.717, 1.165) is 16.6 Å². The van der Waals surface area contributed by atoms with Crippen LogP contribution in [0.15, 0.2) is 46.9 Å². The third-order valence-corrected chi connectivity index (χ3v) is 3.05. The first-order valence-electron chi connectivity index (χ1n) is 5.12. The van der Waals surface area contributed by atoms with Gasteiger partial charge in [0.05, 0.1) is 10.5 Å². The summed E-state index contributed by atoms with van der Waals surface area (Å²) in [6.07, 6.45) is 0. The van der Waals surface area contributed by atoms with E-state index in [1.807, 2.05) is 42.5 Å². The van der Waals surface area contributed by atoms with Crippen LogP contribution in [0, 0.1) is 4.84 Å². The Labute approximate surface area is 108 Å². The molecule has 2 aromatic carbocycles. The minimum atomic E-state index is 0.340. The summed E-state index contributed by atoms with van der Waals surface area (Å²) in [5.74, 6) is 0. The van der Waals surface area contributed by atoms with Crippen LogP contribution in [0.3, 0.4) is 0 Å². The molecule has 1 aromatic heterocycles. The van der Waals surface area contributed by atoms with Crippen molar-refractivity contribution < 1.29 is 4.42 Å². The summed E-state index contributed by atoms with van der Waals surface area (Å²) in [5, 5.41) is 0.564. The van der Waals surface area contributed by atoms with E-state index in [2.05, 4.69) is 4.98 Å². The van der Waals surface area contributed by atoms with Gasteiger partial charge in [-0.25, -0.2) is 0 Å². The van der Waals surface area contributed by atoms with Gasteiger partial charge in [-0.1, -0.05) is 41.9 Å². The summed E-state index contributed by atoms with van der Waals surface area (Å²) in [5.41, 5.74) is 3.57. The second-order valence-corrected chi connectivity index (χ2v) is 4.49. The Morgan fingerprint density at radius 2 is 1.82 bits per heavy atom. The Bertz CT molecular complexity index is 730. The molecule has 84 valence electrons. The zero-order valence-electron chi connectivity index (χ0n) is 8.74. The number of fused-ring (bicyclic) bond motifs is 1. The Kier molecular flexibility index (Phi) is 2.50. The molecule has 0 radical (unpaired) electrons. The van der Waals surface area contributed by atoms with Gasteiger partial charge in [-0.3, -0.25) is 0 Å². The van der Waals surface area contributed by atoms with Gasteiger partial charge in [-0.2, -0.15) is 0 Å². The van der Waals surface area contributed by atoms with Crippen LogP contribution < -0.4 is 0 Å². The van der Waals surface area contributed by atoms with E-state index in [4.69, 9.17) is 28.2 Å². The molecule has 0 spiro atoms. The van der Waals surface area contributed by atoms with Crippen LogP contribution >= 0.6 is 23.8 Å². The van der Waals surface area contributed by atoms with Crippen molar-refractivity contribution in [1.82, 2.24) is 4.98 Å². The number of hydrogen-bond donors (Lipinski definition) is 1. The summed E-state index contributed by atoms with van der Waals surface area (Å²) in [7, 11) is 0. The summed E-state index contributed by atoms with van der Waals surface area (Å²) in [4.78, 5) is 3.31. The standard InChI is InChI=1S/C13H8ClNOS/c14-10-6-9(8-4-2-1-3-5-8)7-11-12(10)16-13(17)15-11/h1-7H,(H,15,17). The topological polar surface area (TPSA) is 28.9 Å².